The molecule has 60 valence electrons. The normalized spacial score (nSPS) is 12.1. The lowest BCUT2D eigenvalue weighted by molar-refractivity contribution is 0.280. The number of halogens is 2. The predicted molar refractivity (Wildman–Crippen MR) is 48.4 cm³/mol. The van der Waals surface area contributed by atoms with E-state index in [-0.39, 0.29) is 0 Å². The summed E-state index contributed by atoms with van der Waals surface area (Å²) in [6.45, 7) is 5.64. The molecule has 0 aromatic rings. The lowest BCUT2D eigenvalue weighted by Gasteiger charge is -2.13. The van der Waals surface area contributed by atoms with Gasteiger partial charge in [-0.05, 0) is 11.6 Å². The van der Waals surface area contributed by atoms with Crippen molar-refractivity contribution in [2.24, 2.45) is 5.92 Å². The lowest BCUT2D eigenvalue weighted by Crippen LogP contribution is -2.23. The van der Waals surface area contributed by atoms with Gasteiger partial charge in [-0.25, -0.2) is 0 Å². The minimum atomic E-state index is -2.53. The molecule has 0 heterocycles. The minimum absolute atomic E-state index is 0.462. The van der Waals surface area contributed by atoms with E-state index in [1.165, 1.54) is 5.70 Å². The molecular weight excluding hydrogens is 187 g/mol. The van der Waals surface area contributed by atoms with Crippen molar-refractivity contribution in [3.05, 3.63) is 12.3 Å². The van der Waals surface area contributed by atoms with Crippen molar-refractivity contribution in [2.45, 2.75) is 13.8 Å². The molecule has 0 bridgehead atoms. The highest BCUT2D eigenvalue weighted by molar-refractivity contribution is 7.44. The maximum absolute atomic E-state index is 5.73. The first-order chi connectivity index (χ1) is 4.48. The lowest BCUT2D eigenvalue weighted by atomic mass is 10.2. The van der Waals surface area contributed by atoms with Gasteiger partial charge < -0.3 is 4.43 Å². The molecule has 0 aromatic carbocycles. The molecule has 4 heteroatoms. The molecule has 0 amide bonds. The third kappa shape index (κ3) is 5.29. The molecule has 0 atom stereocenters. The summed E-state index contributed by atoms with van der Waals surface area (Å²) >= 11 is 11.5. The number of rotatable bonds is 4. The van der Waals surface area contributed by atoms with Crippen LogP contribution in [-0.4, -0.2) is 13.5 Å². The van der Waals surface area contributed by atoms with Crippen molar-refractivity contribution in [3.63, 3.8) is 0 Å². The Labute approximate surface area is 72.5 Å². The molecule has 0 aromatic heterocycles. The summed E-state index contributed by atoms with van der Waals surface area (Å²) in [6.07, 6.45) is 0. The summed E-state index contributed by atoms with van der Waals surface area (Å²) in [5.74, 6) is 0.462. The largest absolute Gasteiger partial charge is 0.415 e. The zero-order valence-electron chi connectivity index (χ0n) is 6.23. The van der Waals surface area contributed by atoms with Crippen LogP contribution in [0.15, 0.2) is 12.3 Å². The highest BCUT2D eigenvalue weighted by Gasteiger charge is 2.25. The SMILES string of the molecule is C=C[Si](Cl)(Cl)OCC(C)C. The van der Waals surface area contributed by atoms with Crippen LogP contribution in [0.2, 0.25) is 0 Å². The molecule has 0 radical (unpaired) electrons. The summed E-state index contributed by atoms with van der Waals surface area (Å²) < 4.78 is 5.19. The molecular formula is C6H12Cl2OSi. The number of hydrogen-bond acceptors (Lipinski definition) is 1. The van der Waals surface area contributed by atoms with Crippen molar-refractivity contribution in [1.82, 2.24) is 0 Å². The van der Waals surface area contributed by atoms with Crippen LogP contribution in [0.5, 0.6) is 0 Å². The second-order valence-corrected chi connectivity index (χ2v) is 8.24. The van der Waals surface area contributed by atoms with Gasteiger partial charge in [-0.1, -0.05) is 13.8 Å². The molecule has 10 heavy (non-hydrogen) atoms. The zero-order valence-corrected chi connectivity index (χ0v) is 8.74. The smallest absolute Gasteiger partial charge is 0.389 e. The van der Waals surface area contributed by atoms with Gasteiger partial charge in [0.2, 0.25) is 0 Å². The Balaban J connectivity index is 3.56. The maximum atomic E-state index is 5.73. The highest BCUT2D eigenvalue weighted by atomic mass is 35.7. The van der Waals surface area contributed by atoms with Gasteiger partial charge >= 0.3 is 6.94 Å². The molecule has 0 aliphatic rings. The first-order valence-corrected chi connectivity index (χ1v) is 7.14. The fourth-order valence-electron chi connectivity index (χ4n) is 0.337. The van der Waals surface area contributed by atoms with E-state index in [0.717, 1.165) is 0 Å². The Hall–Kier alpha value is 0.497. The second-order valence-electron chi connectivity index (χ2n) is 2.47. The van der Waals surface area contributed by atoms with Crippen molar-refractivity contribution < 1.29 is 4.43 Å². The average molecular weight is 199 g/mol. The van der Waals surface area contributed by atoms with Crippen molar-refractivity contribution in [2.75, 3.05) is 6.61 Å². The standard InChI is InChI=1S/C6H12Cl2OSi/c1-4-10(7,8)9-5-6(2)3/h4,6H,1,5H2,2-3H3. The van der Waals surface area contributed by atoms with E-state index < -0.39 is 6.94 Å². The van der Waals surface area contributed by atoms with Crippen LogP contribution < -0.4 is 0 Å². The number of hydrogen-bond donors (Lipinski definition) is 0. The molecule has 0 spiro atoms. The van der Waals surface area contributed by atoms with Crippen LogP contribution >= 0.6 is 22.2 Å². The highest BCUT2D eigenvalue weighted by Crippen LogP contribution is 2.17. The third-order valence-corrected chi connectivity index (χ3v) is 3.45. The topological polar surface area (TPSA) is 9.23 Å². The molecule has 0 aliphatic heterocycles. The minimum Gasteiger partial charge on any atom is -0.389 e. The summed E-state index contributed by atoms with van der Waals surface area (Å²) in [7, 11) is 0. The van der Waals surface area contributed by atoms with Crippen LogP contribution in [0, 0.1) is 5.92 Å². The van der Waals surface area contributed by atoms with Crippen LogP contribution in [0.25, 0.3) is 0 Å². The van der Waals surface area contributed by atoms with Crippen LogP contribution in [0.1, 0.15) is 13.8 Å². The Morgan fingerprint density at radius 1 is 1.60 bits per heavy atom. The van der Waals surface area contributed by atoms with Crippen LogP contribution in [0.3, 0.4) is 0 Å². The molecule has 0 aliphatic carbocycles. The van der Waals surface area contributed by atoms with E-state index in [9.17, 15) is 0 Å². The predicted octanol–water partition coefficient (Wildman–Crippen LogP) is 2.80. The summed E-state index contributed by atoms with van der Waals surface area (Å²) in [6, 6.07) is 0. The quantitative estimate of drug-likeness (QED) is 0.499. The van der Waals surface area contributed by atoms with Crippen molar-refractivity contribution in [3.8, 4) is 0 Å². The van der Waals surface area contributed by atoms with Gasteiger partial charge in [-0.2, -0.15) is 0 Å². The van der Waals surface area contributed by atoms with E-state index in [1.54, 1.807) is 0 Å². The maximum Gasteiger partial charge on any atom is 0.415 e. The third-order valence-electron chi connectivity index (χ3n) is 0.847. The molecule has 0 N–H and O–H groups in total. The monoisotopic (exact) mass is 198 g/mol. The molecule has 0 rings (SSSR count). The summed E-state index contributed by atoms with van der Waals surface area (Å²) in [5, 5.41) is 0. The van der Waals surface area contributed by atoms with Gasteiger partial charge in [-0.15, -0.1) is 28.7 Å². The second kappa shape index (κ2) is 4.39. The van der Waals surface area contributed by atoms with Gasteiger partial charge in [0.1, 0.15) is 0 Å². The van der Waals surface area contributed by atoms with Crippen LogP contribution in [0.4, 0.5) is 0 Å². The average Bonchev–Trinajstić information content (AvgIpc) is 1.85. The molecule has 0 saturated carbocycles. The van der Waals surface area contributed by atoms with E-state index in [1.807, 2.05) is 13.8 Å². The Kier molecular flexibility index (Phi) is 4.61. The van der Waals surface area contributed by atoms with E-state index in [2.05, 4.69) is 6.58 Å². The van der Waals surface area contributed by atoms with Crippen molar-refractivity contribution in [1.29, 1.82) is 0 Å². The molecule has 0 unspecified atom stereocenters. The van der Waals surface area contributed by atoms with Gasteiger partial charge in [0.05, 0.1) is 0 Å². The van der Waals surface area contributed by atoms with Gasteiger partial charge in [0.25, 0.3) is 0 Å². The van der Waals surface area contributed by atoms with E-state index >= 15 is 0 Å². The zero-order chi connectivity index (χ0) is 8.20. The Morgan fingerprint density at radius 3 is 2.40 bits per heavy atom. The Morgan fingerprint density at radius 2 is 2.10 bits per heavy atom. The van der Waals surface area contributed by atoms with E-state index in [0.29, 0.717) is 12.5 Å². The molecule has 0 saturated heterocycles. The molecule has 0 fully saturated rings. The summed E-state index contributed by atoms with van der Waals surface area (Å²) in [5.41, 5.74) is 1.50. The fraction of sp³-hybridized carbons (Fsp3) is 0.667. The van der Waals surface area contributed by atoms with Crippen LogP contribution in [-0.2, 0) is 4.43 Å². The van der Waals surface area contributed by atoms with Gasteiger partial charge in [0, 0.05) is 6.61 Å². The molecule has 1 nitrogen and oxygen atoms in total. The van der Waals surface area contributed by atoms with Gasteiger partial charge in [0.15, 0.2) is 0 Å². The van der Waals surface area contributed by atoms with E-state index in [4.69, 9.17) is 26.6 Å². The summed E-state index contributed by atoms with van der Waals surface area (Å²) in [4.78, 5) is 0. The van der Waals surface area contributed by atoms with Crippen molar-refractivity contribution >= 4 is 29.1 Å². The first-order valence-electron chi connectivity index (χ1n) is 3.13. The Bertz CT molecular complexity index is 114. The first kappa shape index (κ1) is 10.5. The van der Waals surface area contributed by atoms with Gasteiger partial charge in [-0.3, -0.25) is 0 Å². The fourth-order valence-corrected chi connectivity index (χ4v) is 1.39.